The Kier molecular flexibility index (Phi) is 7.46. The van der Waals surface area contributed by atoms with Gasteiger partial charge in [-0.25, -0.2) is 15.4 Å². The van der Waals surface area contributed by atoms with E-state index in [2.05, 4.69) is 25.4 Å². The van der Waals surface area contributed by atoms with Gasteiger partial charge in [0.25, 0.3) is 5.91 Å². The van der Waals surface area contributed by atoms with E-state index in [1.165, 1.54) is 18.2 Å². The molecule has 1 saturated heterocycles. The number of nitrogens with zero attached hydrogens (tertiary/aromatic N) is 5. The summed E-state index contributed by atoms with van der Waals surface area (Å²) >= 11 is 5.88. The average molecular weight is 529 g/mol. The molecule has 2 amide bonds. The van der Waals surface area contributed by atoms with Crippen molar-refractivity contribution in [3.63, 3.8) is 0 Å². The highest BCUT2D eigenvalue weighted by Gasteiger charge is 2.23. The number of piperazine rings is 1. The molecule has 192 valence electrons. The molecule has 10 heteroatoms. The zero-order valence-corrected chi connectivity index (χ0v) is 21.2. The van der Waals surface area contributed by atoms with Crippen LogP contribution in [0.5, 0.6) is 5.75 Å². The lowest BCUT2D eigenvalue weighted by molar-refractivity contribution is -0.130. The van der Waals surface area contributed by atoms with Gasteiger partial charge in [-0.15, -0.1) is 0 Å². The lowest BCUT2D eigenvalue weighted by atomic mass is 9.97. The summed E-state index contributed by atoms with van der Waals surface area (Å²) in [5, 5.41) is 15.6. The van der Waals surface area contributed by atoms with E-state index in [1.54, 1.807) is 24.7 Å². The van der Waals surface area contributed by atoms with Gasteiger partial charge in [0.15, 0.2) is 0 Å². The van der Waals surface area contributed by atoms with Crippen molar-refractivity contribution in [3.05, 3.63) is 94.8 Å². The Labute approximate surface area is 224 Å². The number of nitrogens with one attached hydrogen (secondary N) is 1. The van der Waals surface area contributed by atoms with Crippen molar-refractivity contribution in [2.45, 2.75) is 6.42 Å². The van der Waals surface area contributed by atoms with Crippen LogP contribution in [0.1, 0.15) is 21.5 Å². The summed E-state index contributed by atoms with van der Waals surface area (Å²) in [6, 6.07) is 17.6. The smallest absolute Gasteiger partial charge is 0.271 e. The zero-order valence-electron chi connectivity index (χ0n) is 20.4. The van der Waals surface area contributed by atoms with Crippen molar-refractivity contribution in [2.75, 3.05) is 31.1 Å². The minimum atomic E-state index is -0.450. The van der Waals surface area contributed by atoms with Crippen LogP contribution < -0.4 is 10.3 Å². The van der Waals surface area contributed by atoms with Crippen LogP contribution in [0.4, 0.5) is 5.95 Å². The minimum absolute atomic E-state index is 0.0741. The maximum absolute atomic E-state index is 13.1. The summed E-state index contributed by atoms with van der Waals surface area (Å²) in [4.78, 5) is 38.1. The number of benzene rings is 3. The van der Waals surface area contributed by atoms with E-state index >= 15 is 0 Å². The van der Waals surface area contributed by atoms with E-state index in [4.69, 9.17) is 11.6 Å². The number of aromatic hydroxyl groups is 1. The normalized spacial score (nSPS) is 13.7. The highest BCUT2D eigenvalue weighted by atomic mass is 35.5. The van der Waals surface area contributed by atoms with Crippen molar-refractivity contribution in [3.8, 4) is 5.75 Å². The second-order valence-corrected chi connectivity index (χ2v) is 9.23. The average Bonchev–Trinajstić information content (AvgIpc) is 2.96. The van der Waals surface area contributed by atoms with E-state index in [1.807, 2.05) is 41.3 Å². The highest BCUT2D eigenvalue weighted by Crippen LogP contribution is 2.25. The van der Waals surface area contributed by atoms with Crippen molar-refractivity contribution < 1.29 is 14.7 Å². The second-order valence-electron chi connectivity index (χ2n) is 8.82. The van der Waals surface area contributed by atoms with Crippen molar-refractivity contribution >= 4 is 46.4 Å². The van der Waals surface area contributed by atoms with Crippen LogP contribution in [0.15, 0.2) is 78.2 Å². The summed E-state index contributed by atoms with van der Waals surface area (Å²) in [5.74, 6) is 0.213. The topological polar surface area (TPSA) is 111 Å². The zero-order chi connectivity index (χ0) is 26.5. The molecule has 3 aromatic carbocycles. The molecule has 0 unspecified atom stereocenters. The number of aromatic nitrogens is 2. The Morgan fingerprint density at radius 3 is 2.45 bits per heavy atom. The van der Waals surface area contributed by atoms with Gasteiger partial charge in [-0.2, -0.15) is 5.10 Å². The number of hydrazone groups is 1. The molecule has 2 heterocycles. The number of halogens is 1. The first-order valence-electron chi connectivity index (χ1n) is 12.1. The summed E-state index contributed by atoms with van der Waals surface area (Å²) in [5.41, 5.74) is 4.49. The van der Waals surface area contributed by atoms with E-state index in [0.717, 1.165) is 21.9 Å². The highest BCUT2D eigenvalue weighted by molar-refractivity contribution is 6.32. The van der Waals surface area contributed by atoms with Crippen LogP contribution in [0, 0.1) is 0 Å². The van der Waals surface area contributed by atoms with E-state index < -0.39 is 5.91 Å². The Bertz CT molecular complexity index is 1500. The van der Waals surface area contributed by atoms with Crippen molar-refractivity contribution in [1.29, 1.82) is 0 Å². The second kappa shape index (κ2) is 11.3. The third-order valence-corrected chi connectivity index (χ3v) is 6.74. The van der Waals surface area contributed by atoms with Gasteiger partial charge in [-0.3, -0.25) is 9.59 Å². The van der Waals surface area contributed by atoms with Crippen molar-refractivity contribution in [1.82, 2.24) is 20.3 Å². The number of hydrogen-bond donors (Lipinski definition) is 2. The third kappa shape index (κ3) is 5.57. The predicted octanol–water partition coefficient (Wildman–Crippen LogP) is 3.64. The lowest BCUT2D eigenvalue weighted by Gasteiger charge is -2.34. The maximum atomic E-state index is 13.1. The molecule has 38 heavy (non-hydrogen) atoms. The SMILES string of the molecule is O=C(NN=Cc1ccc(CC(=O)N2CCN(c3ncccn3)CC2)c2ccccc12)c1ccc(O)c(Cl)c1. The molecule has 9 nitrogen and oxygen atoms in total. The van der Waals surface area contributed by atoms with Gasteiger partial charge in [0.05, 0.1) is 17.7 Å². The number of rotatable bonds is 6. The van der Waals surface area contributed by atoms with Crippen LogP contribution in [-0.4, -0.2) is 64.2 Å². The van der Waals surface area contributed by atoms with Crippen LogP contribution in [0.25, 0.3) is 10.8 Å². The minimum Gasteiger partial charge on any atom is -0.506 e. The lowest BCUT2D eigenvalue weighted by Crippen LogP contribution is -2.49. The summed E-state index contributed by atoms with van der Waals surface area (Å²) in [6.45, 7) is 2.61. The number of phenolic OH excluding ortho intramolecular Hbond substituents is 1. The maximum Gasteiger partial charge on any atom is 0.271 e. The number of hydrogen-bond acceptors (Lipinski definition) is 7. The molecule has 2 N–H and O–H groups in total. The molecule has 1 aliphatic heterocycles. The van der Waals surface area contributed by atoms with Crippen LogP contribution in [0.3, 0.4) is 0 Å². The first kappa shape index (κ1) is 25.2. The fourth-order valence-corrected chi connectivity index (χ4v) is 4.59. The summed E-state index contributed by atoms with van der Waals surface area (Å²) in [7, 11) is 0. The van der Waals surface area contributed by atoms with Gasteiger partial charge in [0, 0.05) is 49.7 Å². The number of amides is 2. The standard InChI is InChI=1S/C28H25ClN6O3/c29-24-16-20(8-9-25(24)36)27(38)33-32-18-21-7-6-19(22-4-1-2-5-23(21)22)17-26(37)34-12-14-35(15-13-34)28-30-10-3-11-31-28/h1-11,16,18,36H,12-15,17H2,(H,33,38). The number of anilines is 1. The molecule has 0 spiro atoms. The molecular formula is C28H25ClN6O3. The molecule has 1 aliphatic rings. The first-order valence-corrected chi connectivity index (χ1v) is 12.5. The number of fused-ring (bicyclic) bond motifs is 1. The number of carbonyl (C=O) groups excluding carboxylic acids is 2. The Morgan fingerprint density at radius 2 is 1.71 bits per heavy atom. The molecule has 0 aliphatic carbocycles. The molecular weight excluding hydrogens is 504 g/mol. The van der Waals surface area contributed by atoms with Crippen molar-refractivity contribution in [2.24, 2.45) is 5.10 Å². The van der Waals surface area contributed by atoms with Crippen LogP contribution in [-0.2, 0) is 11.2 Å². The predicted molar refractivity (Wildman–Crippen MR) is 147 cm³/mol. The van der Waals surface area contributed by atoms with Gasteiger partial charge < -0.3 is 14.9 Å². The molecule has 1 fully saturated rings. The Balaban J connectivity index is 1.25. The van der Waals surface area contributed by atoms with Gasteiger partial charge >= 0.3 is 0 Å². The number of carbonyl (C=O) groups is 2. The van der Waals surface area contributed by atoms with E-state index in [0.29, 0.717) is 32.1 Å². The van der Waals surface area contributed by atoms with E-state index in [-0.39, 0.29) is 28.7 Å². The molecule has 0 saturated carbocycles. The first-order chi connectivity index (χ1) is 18.5. The Morgan fingerprint density at radius 1 is 0.974 bits per heavy atom. The number of phenols is 1. The molecule has 5 rings (SSSR count). The van der Waals surface area contributed by atoms with Gasteiger partial charge in [0.2, 0.25) is 11.9 Å². The molecule has 0 radical (unpaired) electrons. The monoisotopic (exact) mass is 528 g/mol. The fourth-order valence-electron chi connectivity index (χ4n) is 4.41. The van der Waals surface area contributed by atoms with Gasteiger partial charge in [-0.05, 0) is 40.6 Å². The molecule has 1 aromatic heterocycles. The quantitative estimate of drug-likeness (QED) is 0.292. The van der Waals surface area contributed by atoms with Crippen LogP contribution >= 0.6 is 11.6 Å². The molecule has 0 atom stereocenters. The summed E-state index contributed by atoms with van der Waals surface area (Å²) < 4.78 is 0. The Hall–Kier alpha value is -4.50. The molecule has 4 aromatic rings. The van der Waals surface area contributed by atoms with Crippen LogP contribution in [0.2, 0.25) is 5.02 Å². The van der Waals surface area contributed by atoms with Gasteiger partial charge in [-0.1, -0.05) is 48.0 Å². The summed E-state index contributed by atoms with van der Waals surface area (Å²) in [6.07, 6.45) is 5.30. The fraction of sp³-hybridized carbons (Fsp3) is 0.179. The van der Waals surface area contributed by atoms with Gasteiger partial charge in [0.1, 0.15) is 5.75 Å². The van der Waals surface area contributed by atoms with E-state index in [9.17, 15) is 14.7 Å². The third-order valence-electron chi connectivity index (χ3n) is 6.44. The largest absolute Gasteiger partial charge is 0.506 e. The molecule has 0 bridgehead atoms.